The summed E-state index contributed by atoms with van der Waals surface area (Å²) in [6.45, 7) is 3.55. The third kappa shape index (κ3) is 2.55. The third-order valence-corrected chi connectivity index (χ3v) is 2.69. The summed E-state index contributed by atoms with van der Waals surface area (Å²) >= 11 is 5.91. The summed E-state index contributed by atoms with van der Waals surface area (Å²) in [6.07, 6.45) is 4.66. The quantitative estimate of drug-likeness (QED) is 0.884. The number of nitrogens with zero attached hydrogens (tertiary/aromatic N) is 4. The minimum atomic E-state index is 0.554. The van der Waals surface area contributed by atoms with Crippen LogP contribution in [0.25, 0.3) is 0 Å². The first-order valence-electron chi connectivity index (χ1n) is 5.13. The van der Waals surface area contributed by atoms with Crippen molar-refractivity contribution in [2.45, 2.75) is 26.4 Å². The molecule has 0 saturated carbocycles. The van der Waals surface area contributed by atoms with Crippen LogP contribution in [-0.4, -0.2) is 19.6 Å². The fourth-order valence-electron chi connectivity index (χ4n) is 1.50. The van der Waals surface area contributed by atoms with Crippen LogP contribution in [0.15, 0.2) is 18.5 Å². The molecule has 2 aromatic rings. The molecule has 0 bridgehead atoms. The number of hydrogen-bond donors (Lipinski definition) is 1. The van der Waals surface area contributed by atoms with Gasteiger partial charge in [-0.15, -0.1) is 0 Å². The molecular formula is C10H14ClN5. The standard InChI is InChI=1S/C10H14ClN5/c1-8-9(11)7-16(13-8)5-2-4-15-6-3-10(12)14-15/h3,6-7H,2,4-5H2,1H3,(H2,12,14). The van der Waals surface area contributed by atoms with Crippen LogP contribution in [0.4, 0.5) is 5.82 Å². The average Bonchev–Trinajstić information content (AvgIpc) is 2.75. The van der Waals surface area contributed by atoms with Crippen molar-refractivity contribution in [3.8, 4) is 0 Å². The van der Waals surface area contributed by atoms with Crippen molar-refractivity contribution >= 4 is 17.4 Å². The lowest BCUT2D eigenvalue weighted by Crippen LogP contribution is -2.05. The number of halogens is 1. The third-order valence-electron chi connectivity index (χ3n) is 2.32. The maximum absolute atomic E-state index is 5.91. The number of nitrogens with two attached hydrogens (primary N) is 1. The number of hydrogen-bond acceptors (Lipinski definition) is 3. The summed E-state index contributed by atoms with van der Waals surface area (Å²) in [5.41, 5.74) is 6.38. The lowest BCUT2D eigenvalue weighted by molar-refractivity contribution is 0.500. The molecule has 0 radical (unpaired) electrons. The number of nitrogen functional groups attached to an aromatic ring is 1. The molecule has 6 heteroatoms. The molecule has 2 N–H and O–H groups in total. The predicted molar refractivity (Wildman–Crippen MR) is 63.2 cm³/mol. The second kappa shape index (κ2) is 4.57. The molecule has 0 atom stereocenters. The van der Waals surface area contributed by atoms with E-state index in [0.29, 0.717) is 10.8 Å². The molecular weight excluding hydrogens is 226 g/mol. The molecule has 0 unspecified atom stereocenters. The zero-order valence-electron chi connectivity index (χ0n) is 9.10. The Bertz CT molecular complexity index is 454. The molecule has 0 aliphatic carbocycles. The molecule has 2 rings (SSSR count). The van der Waals surface area contributed by atoms with Crippen LogP contribution in [0, 0.1) is 6.92 Å². The molecule has 0 fully saturated rings. The minimum absolute atomic E-state index is 0.554. The Morgan fingerprint density at radius 1 is 1.31 bits per heavy atom. The largest absolute Gasteiger partial charge is 0.382 e. The highest BCUT2D eigenvalue weighted by molar-refractivity contribution is 6.31. The van der Waals surface area contributed by atoms with Crippen LogP contribution >= 0.6 is 11.6 Å². The van der Waals surface area contributed by atoms with Crippen molar-refractivity contribution in [3.05, 3.63) is 29.2 Å². The predicted octanol–water partition coefficient (Wildman–Crippen LogP) is 1.71. The molecule has 0 aromatic carbocycles. The highest BCUT2D eigenvalue weighted by atomic mass is 35.5. The van der Waals surface area contributed by atoms with Crippen molar-refractivity contribution in [2.75, 3.05) is 5.73 Å². The van der Waals surface area contributed by atoms with Gasteiger partial charge in [0.1, 0.15) is 5.82 Å². The fourth-order valence-corrected chi connectivity index (χ4v) is 1.66. The molecule has 2 heterocycles. The van der Waals surface area contributed by atoms with Gasteiger partial charge < -0.3 is 5.73 Å². The highest BCUT2D eigenvalue weighted by Crippen LogP contribution is 2.12. The van der Waals surface area contributed by atoms with E-state index in [1.165, 1.54) is 0 Å². The summed E-state index contributed by atoms with van der Waals surface area (Å²) in [6, 6.07) is 1.79. The summed E-state index contributed by atoms with van der Waals surface area (Å²) in [4.78, 5) is 0. The van der Waals surface area contributed by atoms with Crippen molar-refractivity contribution in [1.29, 1.82) is 0 Å². The van der Waals surface area contributed by atoms with Gasteiger partial charge in [0, 0.05) is 25.5 Å². The molecule has 5 nitrogen and oxygen atoms in total. The van der Waals surface area contributed by atoms with Crippen LogP contribution in [0.3, 0.4) is 0 Å². The van der Waals surface area contributed by atoms with Gasteiger partial charge in [0.25, 0.3) is 0 Å². The maximum Gasteiger partial charge on any atom is 0.145 e. The highest BCUT2D eigenvalue weighted by Gasteiger charge is 2.01. The second-order valence-electron chi connectivity index (χ2n) is 3.68. The van der Waals surface area contributed by atoms with Gasteiger partial charge in [0.15, 0.2) is 0 Å². The molecule has 0 spiro atoms. The van der Waals surface area contributed by atoms with E-state index < -0.39 is 0 Å². The maximum atomic E-state index is 5.91. The fraction of sp³-hybridized carbons (Fsp3) is 0.400. The van der Waals surface area contributed by atoms with Crippen molar-refractivity contribution in [1.82, 2.24) is 19.6 Å². The number of anilines is 1. The summed E-state index contributed by atoms with van der Waals surface area (Å²) in [5, 5.41) is 9.09. The number of aryl methyl sites for hydroxylation is 3. The van der Waals surface area contributed by atoms with Gasteiger partial charge in [-0.25, -0.2) is 0 Å². The van der Waals surface area contributed by atoms with Gasteiger partial charge in [-0.2, -0.15) is 10.2 Å². The molecule has 86 valence electrons. The van der Waals surface area contributed by atoms with Gasteiger partial charge >= 0.3 is 0 Å². The van der Waals surface area contributed by atoms with Crippen LogP contribution in [-0.2, 0) is 13.1 Å². The van der Waals surface area contributed by atoms with Gasteiger partial charge in [-0.1, -0.05) is 11.6 Å². The van der Waals surface area contributed by atoms with E-state index in [9.17, 15) is 0 Å². The molecule has 0 amide bonds. The second-order valence-corrected chi connectivity index (χ2v) is 4.09. The molecule has 2 aromatic heterocycles. The Hall–Kier alpha value is -1.49. The Labute approximate surface area is 98.8 Å². The molecule has 0 saturated heterocycles. The molecule has 16 heavy (non-hydrogen) atoms. The van der Waals surface area contributed by atoms with Crippen molar-refractivity contribution in [2.24, 2.45) is 0 Å². The zero-order valence-corrected chi connectivity index (χ0v) is 9.85. The van der Waals surface area contributed by atoms with Gasteiger partial charge in [0.05, 0.1) is 10.7 Å². The summed E-state index contributed by atoms with van der Waals surface area (Å²) in [5.74, 6) is 0.554. The smallest absolute Gasteiger partial charge is 0.145 e. The van der Waals surface area contributed by atoms with Gasteiger partial charge in [0.2, 0.25) is 0 Å². The van der Waals surface area contributed by atoms with Crippen LogP contribution in [0.2, 0.25) is 5.02 Å². The summed E-state index contributed by atoms with van der Waals surface area (Å²) < 4.78 is 3.68. The first-order valence-corrected chi connectivity index (χ1v) is 5.51. The minimum Gasteiger partial charge on any atom is -0.382 e. The average molecular weight is 240 g/mol. The Kier molecular flexibility index (Phi) is 3.14. The SMILES string of the molecule is Cc1nn(CCCn2ccc(N)n2)cc1Cl. The topological polar surface area (TPSA) is 61.7 Å². The Morgan fingerprint density at radius 3 is 2.62 bits per heavy atom. The monoisotopic (exact) mass is 239 g/mol. The van der Waals surface area contributed by atoms with Gasteiger partial charge in [-0.3, -0.25) is 9.36 Å². The lowest BCUT2D eigenvalue weighted by atomic mass is 10.4. The first-order chi connectivity index (χ1) is 7.65. The van der Waals surface area contributed by atoms with E-state index in [0.717, 1.165) is 25.2 Å². The summed E-state index contributed by atoms with van der Waals surface area (Å²) in [7, 11) is 0. The van der Waals surface area contributed by atoms with E-state index in [1.54, 1.807) is 6.07 Å². The number of aromatic nitrogens is 4. The van der Waals surface area contributed by atoms with Crippen LogP contribution in [0.5, 0.6) is 0 Å². The van der Waals surface area contributed by atoms with Crippen molar-refractivity contribution < 1.29 is 0 Å². The number of rotatable bonds is 4. The Morgan fingerprint density at radius 2 is 2.06 bits per heavy atom. The first kappa shape index (κ1) is 11.0. The zero-order chi connectivity index (χ0) is 11.5. The van der Waals surface area contributed by atoms with E-state index in [1.807, 2.05) is 28.7 Å². The molecule has 0 aliphatic rings. The van der Waals surface area contributed by atoms with Crippen LogP contribution in [0.1, 0.15) is 12.1 Å². The lowest BCUT2D eigenvalue weighted by Gasteiger charge is -2.01. The van der Waals surface area contributed by atoms with Crippen LogP contribution < -0.4 is 5.73 Å². The van der Waals surface area contributed by atoms with E-state index in [2.05, 4.69) is 10.2 Å². The van der Waals surface area contributed by atoms with Crippen molar-refractivity contribution in [3.63, 3.8) is 0 Å². The van der Waals surface area contributed by atoms with E-state index in [-0.39, 0.29) is 0 Å². The van der Waals surface area contributed by atoms with E-state index >= 15 is 0 Å². The van der Waals surface area contributed by atoms with E-state index in [4.69, 9.17) is 17.3 Å². The molecule has 0 aliphatic heterocycles. The Balaban J connectivity index is 1.84. The normalized spacial score (nSPS) is 10.9. The van der Waals surface area contributed by atoms with Gasteiger partial charge in [-0.05, 0) is 19.4 Å².